The van der Waals surface area contributed by atoms with E-state index >= 15 is 0 Å². The zero-order chi connectivity index (χ0) is 23.8. The van der Waals surface area contributed by atoms with Gasteiger partial charge in [0.25, 0.3) is 15.9 Å². The number of fused-ring (bicyclic) bond motifs is 1. The second-order valence-electron chi connectivity index (χ2n) is 8.47. The number of aliphatic hydroxyl groups excluding tert-OH is 1. The van der Waals surface area contributed by atoms with Gasteiger partial charge >= 0.3 is 6.03 Å². The summed E-state index contributed by atoms with van der Waals surface area (Å²) in [5.41, 5.74) is -0.684. The molecule has 0 radical (unpaired) electrons. The van der Waals surface area contributed by atoms with Crippen LogP contribution in [-0.4, -0.2) is 55.1 Å². The number of anilines is 1. The summed E-state index contributed by atoms with van der Waals surface area (Å²) >= 11 is 0. The molecule has 2 N–H and O–H groups in total. The van der Waals surface area contributed by atoms with Gasteiger partial charge in [-0.1, -0.05) is 54.6 Å². The number of amides is 3. The molecule has 1 aliphatic rings. The van der Waals surface area contributed by atoms with E-state index in [1.54, 1.807) is 44.2 Å². The highest BCUT2D eigenvalue weighted by Gasteiger charge is 2.45. The van der Waals surface area contributed by atoms with Crippen molar-refractivity contribution in [1.29, 1.82) is 0 Å². The van der Waals surface area contributed by atoms with Crippen molar-refractivity contribution < 1.29 is 23.1 Å². The number of nitrogens with one attached hydrogen (secondary N) is 1. The van der Waals surface area contributed by atoms with Crippen molar-refractivity contribution in [1.82, 2.24) is 10.2 Å². The third kappa shape index (κ3) is 4.29. The Hall–Kier alpha value is -3.43. The molecule has 1 heterocycles. The zero-order valence-electron chi connectivity index (χ0n) is 18.3. The molecule has 172 valence electrons. The van der Waals surface area contributed by atoms with E-state index in [2.05, 4.69) is 5.32 Å². The monoisotopic (exact) mass is 467 g/mol. The first-order valence-corrected chi connectivity index (χ1v) is 11.9. The van der Waals surface area contributed by atoms with Gasteiger partial charge in [-0.2, -0.15) is 0 Å². The first kappa shape index (κ1) is 22.8. The van der Waals surface area contributed by atoms with E-state index in [-0.39, 0.29) is 18.0 Å². The number of imide groups is 1. The maximum absolute atomic E-state index is 13.6. The van der Waals surface area contributed by atoms with Crippen molar-refractivity contribution in [3.05, 3.63) is 72.8 Å². The predicted molar refractivity (Wildman–Crippen MR) is 125 cm³/mol. The molecule has 1 saturated heterocycles. The van der Waals surface area contributed by atoms with Crippen LogP contribution in [0, 0.1) is 0 Å². The number of aliphatic hydroxyl groups is 1. The maximum atomic E-state index is 13.6. The number of sulfonamides is 1. The minimum absolute atomic E-state index is 0.0706. The van der Waals surface area contributed by atoms with E-state index in [4.69, 9.17) is 0 Å². The summed E-state index contributed by atoms with van der Waals surface area (Å²) in [6.07, 6.45) is -1.31. The van der Waals surface area contributed by atoms with Crippen molar-refractivity contribution in [3.8, 4) is 0 Å². The molecule has 3 aromatic rings. The summed E-state index contributed by atoms with van der Waals surface area (Å²) in [5.74, 6) is -0.478. The average molecular weight is 468 g/mol. The van der Waals surface area contributed by atoms with Gasteiger partial charge in [-0.05, 0) is 37.4 Å². The topological polar surface area (TPSA) is 107 Å². The van der Waals surface area contributed by atoms with E-state index < -0.39 is 33.6 Å². The molecular weight excluding hydrogens is 442 g/mol. The number of urea groups is 1. The maximum Gasteiger partial charge on any atom is 0.325 e. The molecule has 33 heavy (non-hydrogen) atoms. The Morgan fingerprint density at radius 1 is 0.970 bits per heavy atom. The van der Waals surface area contributed by atoms with Crippen LogP contribution in [0.4, 0.5) is 10.5 Å². The first-order valence-electron chi connectivity index (χ1n) is 10.5. The fourth-order valence-electron chi connectivity index (χ4n) is 3.92. The molecular formula is C24H25N3O5S. The van der Waals surface area contributed by atoms with Crippen LogP contribution in [0.5, 0.6) is 0 Å². The fraction of sp³-hybridized carbons (Fsp3) is 0.250. The Bertz CT molecular complexity index is 1300. The van der Waals surface area contributed by atoms with Crippen LogP contribution in [0.2, 0.25) is 0 Å². The lowest BCUT2D eigenvalue weighted by Crippen LogP contribution is -2.45. The number of hydrogen-bond donors (Lipinski definition) is 2. The summed E-state index contributed by atoms with van der Waals surface area (Å²) < 4.78 is 28.4. The Morgan fingerprint density at radius 2 is 1.61 bits per heavy atom. The molecule has 9 heteroatoms. The van der Waals surface area contributed by atoms with Gasteiger partial charge in [-0.25, -0.2) is 13.2 Å². The molecule has 0 aliphatic carbocycles. The molecule has 1 fully saturated rings. The summed E-state index contributed by atoms with van der Waals surface area (Å²) in [5, 5.41) is 14.9. The SMILES string of the molecule is CC1(C)NC(=O)N(C[C@H](O)CN(c2cccc3ccccc23)S(=O)(=O)c2ccccc2)C1=O. The highest BCUT2D eigenvalue weighted by atomic mass is 32.2. The van der Waals surface area contributed by atoms with E-state index in [0.29, 0.717) is 11.1 Å². The van der Waals surface area contributed by atoms with Crippen LogP contribution in [0.25, 0.3) is 10.8 Å². The standard InChI is InChI=1S/C24H25N3O5S/c1-24(2)22(29)26(23(30)25-24)15-18(28)16-27(33(31,32)19-11-4-3-5-12-19)21-14-8-10-17-9-6-7-13-20(17)21/h3-14,18,28H,15-16H2,1-2H3,(H,25,30)/t18-/m0/s1. The van der Waals surface area contributed by atoms with Crippen molar-refractivity contribution >= 4 is 38.4 Å². The minimum Gasteiger partial charge on any atom is -0.389 e. The molecule has 8 nitrogen and oxygen atoms in total. The van der Waals surface area contributed by atoms with Crippen LogP contribution < -0.4 is 9.62 Å². The molecule has 0 spiro atoms. The molecule has 1 atom stereocenters. The van der Waals surface area contributed by atoms with Crippen molar-refractivity contribution in [2.45, 2.75) is 30.4 Å². The van der Waals surface area contributed by atoms with E-state index in [0.717, 1.165) is 14.6 Å². The molecule has 0 aromatic heterocycles. The summed E-state index contributed by atoms with van der Waals surface area (Å²) in [7, 11) is -4.05. The molecule has 3 aromatic carbocycles. The smallest absolute Gasteiger partial charge is 0.325 e. The number of carbonyl (C=O) groups is 2. The number of carbonyl (C=O) groups excluding carboxylic acids is 2. The third-order valence-electron chi connectivity index (χ3n) is 5.58. The van der Waals surface area contributed by atoms with Crippen LogP contribution in [0.15, 0.2) is 77.7 Å². The fourth-order valence-corrected chi connectivity index (χ4v) is 5.46. The summed E-state index contributed by atoms with van der Waals surface area (Å²) in [6.45, 7) is 2.46. The summed E-state index contributed by atoms with van der Waals surface area (Å²) in [6, 6.07) is 20.0. The number of nitrogens with zero attached hydrogens (tertiary/aromatic N) is 2. The molecule has 0 saturated carbocycles. The minimum atomic E-state index is -4.05. The molecule has 4 rings (SSSR count). The van der Waals surface area contributed by atoms with Crippen LogP contribution in [0.1, 0.15) is 13.8 Å². The Morgan fingerprint density at radius 3 is 2.27 bits per heavy atom. The van der Waals surface area contributed by atoms with E-state index in [1.807, 2.05) is 30.3 Å². The van der Waals surface area contributed by atoms with Crippen molar-refractivity contribution in [3.63, 3.8) is 0 Å². The Kier molecular flexibility index (Phi) is 5.85. The summed E-state index contributed by atoms with van der Waals surface area (Å²) in [4.78, 5) is 25.7. The Balaban J connectivity index is 1.72. The first-order chi connectivity index (χ1) is 15.6. The molecule has 0 unspecified atom stereocenters. The van der Waals surface area contributed by atoms with Gasteiger partial charge in [0.15, 0.2) is 0 Å². The Labute approximate surface area is 192 Å². The number of β-amino-alcohol motifs (C(OH)–C–C–N with tert-alkyl or cyclic N) is 1. The van der Waals surface area contributed by atoms with Gasteiger partial charge in [0.2, 0.25) is 0 Å². The van der Waals surface area contributed by atoms with Crippen molar-refractivity contribution in [2.24, 2.45) is 0 Å². The predicted octanol–water partition coefficient (Wildman–Crippen LogP) is 2.73. The number of benzene rings is 3. The van der Waals surface area contributed by atoms with Gasteiger partial charge in [0, 0.05) is 5.39 Å². The van der Waals surface area contributed by atoms with Gasteiger partial charge in [0.1, 0.15) is 5.54 Å². The lowest BCUT2D eigenvalue weighted by Gasteiger charge is -2.29. The highest BCUT2D eigenvalue weighted by molar-refractivity contribution is 7.92. The second kappa shape index (κ2) is 8.49. The lowest BCUT2D eigenvalue weighted by molar-refractivity contribution is -0.131. The zero-order valence-corrected chi connectivity index (χ0v) is 19.1. The van der Waals surface area contributed by atoms with Crippen LogP contribution in [0.3, 0.4) is 0 Å². The largest absolute Gasteiger partial charge is 0.389 e. The third-order valence-corrected chi connectivity index (χ3v) is 7.37. The van der Waals surface area contributed by atoms with Gasteiger partial charge < -0.3 is 10.4 Å². The van der Waals surface area contributed by atoms with Crippen molar-refractivity contribution in [2.75, 3.05) is 17.4 Å². The number of hydrogen-bond acceptors (Lipinski definition) is 5. The van der Waals surface area contributed by atoms with Gasteiger partial charge in [-0.3, -0.25) is 14.0 Å². The van der Waals surface area contributed by atoms with E-state index in [9.17, 15) is 23.1 Å². The highest BCUT2D eigenvalue weighted by Crippen LogP contribution is 2.31. The lowest BCUT2D eigenvalue weighted by atomic mass is 10.1. The van der Waals surface area contributed by atoms with Gasteiger partial charge in [0.05, 0.1) is 29.8 Å². The quantitative estimate of drug-likeness (QED) is 0.520. The van der Waals surface area contributed by atoms with Crippen LogP contribution >= 0.6 is 0 Å². The van der Waals surface area contributed by atoms with E-state index in [1.165, 1.54) is 12.1 Å². The molecule has 3 amide bonds. The van der Waals surface area contributed by atoms with Gasteiger partial charge in [-0.15, -0.1) is 0 Å². The van der Waals surface area contributed by atoms with Crippen LogP contribution in [-0.2, 0) is 14.8 Å². The molecule has 0 bridgehead atoms. The second-order valence-corrected chi connectivity index (χ2v) is 10.3. The average Bonchev–Trinajstić information content (AvgIpc) is 2.99. The number of rotatable bonds is 7. The normalized spacial score (nSPS) is 16.6. The molecule has 1 aliphatic heterocycles.